The lowest BCUT2D eigenvalue weighted by Gasteiger charge is -2.08. The third kappa shape index (κ3) is 3.89. The average molecular weight is 526 g/mol. The predicted molar refractivity (Wildman–Crippen MR) is 148 cm³/mol. The van der Waals surface area contributed by atoms with Gasteiger partial charge in [0.05, 0.1) is 0 Å². The fraction of sp³-hybridized carbons (Fsp3) is 0. The molecule has 0 nitrogen and oxygen atoms in total. The normalized spacial score (nSPS) is 11.3. The van der Waals surface area contributed by atoms with E-state index >= 15 is 0 Å². The number of hydrogen-bond acceptors (Lipinski definition) is 1. The van der Waals surface area contributed by atoms with Crippen molar-refractivity contribution in [3.63, 3.8) is 0 Å². The van der Waals surface area contributed by atoms with Crippen molar-refractivity contribution in [1.29, 1.82) is 0 Å². The molecule has 0 saturated heterocycles. The first kappa shape index (κ1) is 20.7. The Morgan fingerprint density at radius 2 is 1.06 bits per heavy atom. The van der Waals surface area contributed by atoms with Crippen LogP contribution in [0.25, 0.3) is 53.6 Å². The van der Waals surface area contributed by atoms with Crippen LogP contribution in [0.4, 0.5) is 0 Å². The smallest absolute Gasteiger partial charge is 0.0406 e. The first-order chi connectivity index (χ1) is 16.2. The van der Waals surface area contributed by atoms with E-state index in [2.05, 4.69) is 113 Å². The highest BCUT2D eigenvalue weighted by atomic mass is 79.9. The van der Waals surface area contributed by atoms with E-state index in [4.69, 9.17) is 11.6 Å². The zero-order chi connectivity index (χ0) is 22.4. The summed E-state index contributed by atoms with van der Waals surface area (Å²) >= 11 is 11.6. The Bertz CT molecular complexity index is 1610. The summed E-state index contributed by atoms with van der Waals surface area (Å²) in [6, 6.07) is 38.7. The van der Waals surface area contributed by atoms with Gasteiger partial charge in [-0.3, -0.25) is 0 Å². The molecule has 5 aromatic carbocycles. The molecule has 0 amide bonds. The van der Waals surface area contributed by atoms with Gasteiger partial charge in [-0.1, -0.05) is 100 Å². The van der Waals surface area contributed by atoms with Crippen molar-refractivity contribution in [2.45, 2.75) is 0 Å². The van der Waals surface area contributed by atoms with E-state index in [9.17, 15) is 0 Å². The fourth-order valence-corrected chi connectivity index (χ4v) is 6.35. The summed E-state index contributed by atoms with van der Waals surface area (Å²) in [6.45, 7) is 0. The van der Waals surface area contributed by atoms with E-state index in [0.717, 1.165) is 9.50 Å². The van der Waals surface area contributed by atoms with Crippen LogP contribution in [0.2, 0.25) is 5.02 Å². The molecular weight excluding hydrogens is 508 g/mol. The number of halogens is 2. The third-order valence-electron chi connectivity index (χ3n) is 6.04. The second-order valence-corrected chi connectivity index (χ2v) is 10.5. The lowest BCUT2D eigenvalue weighted by molar-refractivity contribution is 1.58. The van der Waals surface area contributed by atoms with Gasteiger partial charge in [-0.2, -0.15) is 0 Å². The number of benzene rings is 5. The molecule has 0 radical (unpaired) electrons. The molecule has 0 aliphatic rings. The average Bonchev–Trinajstić information content (AvgIpc) is 3.24. The van der Waals surface area contributed by atoms with E-state index in [0.29, 0.717) is 0 Å². The maximum Gasteiger partial charge on any atom is 0.0406 e. The van der Waals surface area contributed by atoms with Crippen LogP contribution in [0.1, 0.15) is 0 Å². The SMILES string of the molecule is Clc1ccc(-c2cccc(-c3ccc(-c4ccc5c(c4)sc4cccc(Br)c45)cc3)c2)cc1. The number of fused-ring (bicyclic) bond motifs is 3. The summed E-state index contributed by atoms with van der Waals surface area (Å²) in [5.41, 5.74) is 7.24. The highest BCUT2D eigenvalue weighted by Crippen LogP contribution is 2.40. The van der Waals surface area contributed by atoms with Crippen molar-refractivity contribution in [3.8, 4) is 33.4 Å². The second kappa shape index (κ2) is 8.46. The highest BCUT2D eigenvalue weighted by Gasteiger charge is 2.10. The molecule has 0 saturated carbocycles. The summed E-state index contributed by atoms with van der Waals surface area (Å²) in [4.78, 5) is 0. The molecule has 0 atom stereocenters. The van der Waals surface area contributed by atoms with Gasteiger partial charge in [0.25, 0.3) is 0 Å². The Balaban J connectivity index is 1.34. The quantitative estimate of drug-likeness (QED) is 0.215. The van der Waals surface area contributed by atoms with Gasteiger partial charge in [0.15, 0.2) is 0 Å². The number of rotatable bonds is 3. The number of thiophene rings is 1. The Labute approximate surface area is 210 Å². The molecule has 0 bridgehead atoms. The molecule has 3 heteroatoms. The molecular formula is C30H18BrClS. The maximum atomic E-state index is 6.05. The van der Waals surface area contributed by atoms with Crippen molar-refractivity contribution >= 4 is 59.0 Å². The van der Waals surface area contributed by atoms with Crippen molar-refractivity contribution in [3.05, 3.63) is 119 Å². The van der Waals surface area contributed by atoms with Gasteiger partial charge in [-0.15, -0.1) is 11.3 Å². The van der Waals surface area contributed by atoms with E-state index < -0.39 is 0 Å². The first-order valence-electron chi connectivity index (χ1n) is 10.7. The Morgan fingerprint density at radius 3 is 1.73 bits per heavy atom. The second-order valence-electron chi connectivity index (χ2n) is 8.09. The van der Waals surface area contributed by atoms with Crippen molar-refractivity contribution in [2.75, 3.05) is 0 Å². The molecule has 0 unspecified atom stereocenters. The predicted octanol–water partition coefficient (Wildman–Crippen LogP) is 10.5. The molecule has 0 aliphatic carbocycles. The van der Waals surface area contributed by atoms with Crippen LogP contribution in [-0.2, 0) is 0 Å². The molecule has 1 aromatic heterocycles. The van der Waals surface area contributed by atoms with Gasteiger partial charge in [-0.25, -0.2) is 0 Å². The van der Waals surface area contributed by atoms with Crippen LogP contribution in [0.5, 0.6) is 0 Å². The lowest BCUT2D eigenvalue weighted by Crippen LogP contribution is -1.83. The minimum atomic E-state index is 0.756. The molecule has 158 valence electrons. The van der Waals surface area contributed by atoms with E-state index in [1.807, 2.05) is 23.5 Å². The third-order valence-corrected chi connectivity index (χ3v) is 8.07. The summed E-state index contributed by atoms with van der Waals surface area (Å²) in [7, 11) is 0. The van der Waals surface area contributed by atoms with E-state index in [-0.39, 0.29) is 0 Å². The molecule has 0 spiro atoms. The van der Waals surface area contributed by atoms with Gasteiger partial charge < -0.3 is 0 Å². The largest absolute Gasteiger partial charge is 0.135 e. The molecule has 6 aromatic rings. The number of hydrogen-bond donors (Lipinski definition) is 0. The minimum absolute atomic E-state index is 0.756. The topological polar surface area (TPSA) is 0 Å². The van der Waals surface area contributed by atoms with Gasteiger partial charge in [-0.05, 0) is 69.8 Å². The zero-order valence-electron chi connectivity index (χ0n) is 17.6. The van der Waals surface area contributed by atoms with Gasteiger partial charge in [0, 0.05) is 29.7 Å². The summed E-state index contributed by atoms with van der Waals surface area (Å²) in [5, 5.41) is 3.37. The standard InChI is InChI=1S/C30H18BrClS/c31-27-5-2-6-28-30(27)26-16-13-24(18-29(26)33-28)20-9-7-19(8-10-20)22-3-1-4-23(17-22)21-11-14-25(32)15-12-21/h1-18H. The molecule has 33 heavy (non-hydrogen) atoms. The van der Waals surface area contributed by atoms with Crippen molar-refractivity contribution in [2.24, 2.45) is 0 Å². The summed E-state index contributed by atoms with van der Waals surface area (Å²) < 4.78 is 3.78. The van der Waals surface area contributed by atoms with Gasteiger partial charge in [0.2, 0.25) is 0 Å². The minimum Gasteiger partial charge on any atom is -0.135 e. The summed E-state index contributed by atoms with van der Waals surface area (Å²) in [6.07, 6.45) is 0. The van der Waals surface area contributed by atoms with Gasteiger partial charge >= 0.3 is 0 Å². The van der Waals surface area contributed by atoms with Crippen molar-refractivity contribution in [1.82, 2.24) is 0 Å². The Kier molecular flexibility index (Phi) is 5.30. The van der Waals surface area contributed by atoms with Crippen molar-refractivity contribution < 1.29 is 0 Å². The lowest BCUT2D eigenvalue weighted by atomic mass is 9.97. The maximum absolute atomic E-state index is 6.05. The molecule has 0 N–H and O–H groups in total. The first-order valence-corrected chi connectivity index (χ1v) is 12.7. The van der Waals surface area contributed by atoms with E-state index in [1.54, 1.807) is 0 Å². The van der Waals surface area contributed by atoms with Crippen LogP contribution in [0, 0.1) is 0 Å². The van der Waals surface area contributed by atoms with Crippen LogP contribution in [0.15, 0.2) is 114 Å². The zero-order valence-corrected chi connectivity index (χ0v) is 20.7. The molecule has 1 heterocycles. The Hall–Kier alpha value is -2.91. The molecule has 0 fully saturated rings. The van der Waals surface area contributed by atoms with Crippen LogP contribution >= 0.6 is 38.9 Å². The van der Waals surface area contributed by atoms with Gasteiger partial charge in [0.1, 0.15) is 0 Å². The van der Waals surface area contributed by atoms with E-state index in [1.165, 1.54) is 53.6 Å². The summed E-state index contributed by atoms with van der Waals surface area (Å²) in [5.74, 6) is 0. The van der Waals surface area contributed by atoms with Crippen LogP contribution in [0.3, 0.4) is 0 Å². The molecule has 0 aliphatic heterocycles. The molecule has 6 rings (SSSR count). The monoisotopic (exact) mass is 524 g/mol. The fourth-order valence-electron chi connectivity index (χ4n) is 4.34. The highest BCUT2D eigenvalue weighted by molar-refractivity contribution is 9.10. The van der Waals surface area contributed by atoms with Crippen LogP contribution in [-0.4, -0.2) is 0 Å². The Morgan fingerprint density at radius 1 is 0.515 bits per heavy atom. The van der Waals surface area contributed by atoms with Crippen LogP contribution < -0.4 is 0 Å².